The lowest BCUT2D eigenvalue weighted by Gasteiger charge is -2.09. The summed E-state index contributed by atoms with van der Waals surface area (Å²) in [5.41, 5.74) is -0.622. The SMILES string of the molecule is CCOC(=O)Cn1nc(C(C)C)c2nc(C(F)(F)F)sc2c1=O. The molecule has 2 aromatic rings. The highest BCUT2D eigenvalue weighted by Gasteiger charge is 2.36. The van der Waals surface area contributed by atoms with Gasteiger partial charge in [-0.25, -0.2) is 9.67 Å². The fourth-order valence-electron chi connectivity index (χ4n) is 1.92. The average molecular weight is 349 g/mol. The van der Waals surface area contributed by atoms with Crippen molar-refractivity contribution in [3.63, 3.8) is 0 Å². The summed E-state index contributed by atoms with van der Waals surface area (Å²) < 4.78 is 43.9. The number of alkyl halides is 3. The van der Waals surface area contributed by atoms with Crippen LogP contribution in [0.15, 0.2) is 4.79 Å². The molecule has 2 rings (SSSR count). The molecule has 0 fully saturated rings. The van der Waals surface area contributed by atoms with Gasteiger partial charge in [-0.05, 0) is 12.8 Å². The smallest absolute Gasteiger partial charge is 0.443 e. The molecular formula is C13H14F3N3O3S. The highest BCUT2D eigenvalue weighted by molar-refractivity contribution is 7.18. The van der Waals surface area contributed by atoms with Crippen LogP contribution in [0.4, 0.5) is 13.2 Å². The van der Waals surface area contributed by atoms with Crippen molar-refractivity contribution < 1.29 is 22.7 Å². The van der Waals surface area contributed by atoms with Gasteiger partial charge in [0.25, 0.3) is 5.56 Å². The van der Waals surface area contributed by atoms with E-state index in [9.17, 15) is 22.8 Å². The third kappa shape index (κ3) is 3.52. The molecule has 0 bridgehead atoms. The van der Waals surface area contributed by atoms with Crippen LogP contribution in [0, 0.1) is 0 Å². The Labute approximate surface area is 132 Å². The van der Waals surface area contributed by atoms with Gasteiger partial charge in [0.2, 0.25) is 0 Å². The summed E-state index contributed by atoms with van der Waals surface area (Å²) in [7, 11) is 0. The van der Waals surface area contributed by atoms with Gasteiger partial charge in [0.05, 0.1) is 12.3 Å². The minimum atomic E-state index is -4.64. The van der Waals surface area contributed by atoms with E-state index >= 15 is 0 Å². The zero-order valence-corrected chi connectivity index (χ0v) is 13.4. The normalized spacial score (nSPS) is 12.1. The number of carbonyl (C=O) groups excluding carboxylic acids is 1. The minimum absolute atomic E-state index is 0.0672. The summed E-state index contributed by atoms with van der Waals surface area (Å²) in [4.78, 5) is 27.3. The third-order valence-electron chi connectivity index (χ3n) is 2.90. The Balaban J connectivity index is 2.65. The first-order chi connectivity index (χ1) is 10.6. The van der Waals surface area contributed by atoms with E-state index in [1.807, 2.05) is 0 Å². The molecule has 0 aliphatic heterocycles. The predicted octanol–water partition coefficient (Wildman–Crippen LogP) is 2.56. The number of halogens is 3. The van der Waals surface area contributed by atoms with Gasteiger partial charge in [0, 0.05) is 0 Å². The second-order valence-electron chi connectivity index (χ2n) is 5.00. The molecule has 0 unspecified atom stereocenters. The van der Waals surface area contributed by atoms with E-state index in [1.54, 1.807) is 20.8 Å². The first-order valence-electron chi connectivity index (χ1n) is 6.79. The quantitative estimate of drug-likeness (QED) is 0.793. The van der Waals surface area contributed by atoms with Crippen molar-refractivity contribution in [2.75, 3.05) is 6.61 Å². The Morgan fingerprint density at radius 2 is 2.04 bits per heavy atom. The maximum Gasteiger partial charge on any atom is 0.443 e. The van der Waals surface area contributed by atoms with Crippen molar-refractivity contribution in [3.05, 3.63) is 21.1 Å². The number of hydrogen-bond donors (Lipinski definition) is 0. The van der Waals surface area contributed by atoms with E-state index in [1.165, 1.54) is 0 Å². The number of hydrogen-bond acceptors (Lipinski definition) is 6. The zero-order valence-electron chi connectivity index (χ0n) is 12.6. The fourth-order valence-corrected chi connectivity index (χ4v) is 2.81. The Bertz CT molecular complexity index is 795. The minimum Gasteiger partial charge on any atom is -0.465 e. The topological polar surface area (TPSA) is 74.1 Å². The molecule has 0 aliphatic rings. The maximum atomic E-state index is 12.8. The number of fused-ring (bicyclic) bond motifs is 1. The Morgan fingerprint density at radius 3 is 2.57 bits per heavy atom. The van der Waals surface area contributed by atoms with Gasteiger partial charge in [-0.15, -0.1) is 11.3 Å². The number of rotatable bonds is 4. The Kier molecular flexibility index (Phi) is 4.73. The molecule has 126 valence electrons. The van der Waals surface area contributed by atoms with Crippen molar-refractivity contribution >= 4 is 27.5 Å². The summed E-state index contributed by atoms with van der Waals surface area (Å²) in [5, 5.41) is 2.89. The van der Waals surface area contributed by atoms with Gasteiger partial charge in [-0.3, -0.25) is 9.59 Å². The van der Waals surface area contributed by atoms with Crippen LogP contribution in [0.2, 0.25) is 0 Å². The van der Waals surface area contributed by atoms with E-state index in [2.05, 4.69) is 10.1 Å². The molecule has 10 heteroatoms. The largest absolute Gasteiger partial charge is 0.465 e. The Hall–Kier alpha value is -1.97. The molecule has 2 aromatic heterocycles. The van der Waals surface area contributed by atoms with Crippen LogP contribution >= 0.6 is 11.3 Å². The zero-order chi connectivity index (χ0) is 17.4. The fraction of sp³-hybridized carbons (Fsp3) is 0.538. The van der Waals surface area contributed by atoms with Gasteiger partial charge >= 0.3 is 12.1 Å². The number of aromatic nitrogens is 3. The first-order valence-corrected chi connectivity index (χ1v) is 7.61. The van der Waals surface area contributed by atoms with Crippen molar-refractivity contribution in [2.24, 2.45) is 0 Å². The van der Waals surface area contributed by atoms with E-state index in [0.29, 0.717) is 0 Å². The number of ether oxygens (including phenoxy) is 1. The average Bonchev–Trinajstić information content (AvgIpc) is 2.87. The number of carbonyl (C=O) groups is 1. The van der Waals surface area contributed by atoms with Gasteiger partial charge in [0.15, 0.2) is 5.01 Å². The summed E-state index contributed by atoms with van der Waals surface area (Å²) >= 11 is 0.255. The lowest BCUT2D eigenvalue weighted by atomic mass is 10.1. The highest BCUT2D eigenvalue weighted by atomic mass is 32.1. The molecule has 2 heterocycles. The van der Waals surface area contributed by atoms with Crippen LogP contribution in [0.25, 0.3) is 10.2 Å². The molecule has 0 saturated carbocycles. The molecule has 6 nitrogen and oxygen atoms in total. The molecule has 0 radical (unpaired) electrons. The lowest BCUT2D eigenvalue weighted by molar-refractivity contribution is -0.144. The molecular weight excluding hydrogens is 335 g/mol. The molecule has 0 atom stereocenters. The van der Waals surface area contributed by atoms with E-state index in [-0.39, 0.29) is 39.8 Å². The van der Waals surface area contributed by atoms with Gasteiger partial charge in [-0.1, -0.05) is 13.8 Å². The van der Waals surface area contributed by atoms with Crippen LogP contribution in [0.5, 0.6) is 0 Å². The Morgan fingerprint density at radius 1 is 1.39 bits per heavy atom. The summed E-state index contributed by atoms with van der Waals surface area (Å²) in [5.74, 6) is -0.952. The van der Waals surface area contributed by atoms with E-state index in [0.717, 1.165) is 4.68 Å². The van der Waals surface area contributed by atoms with Crippen molar-refractivity contribution in [1.29, 1.82) is 0 Å². The van der Waals surface area contributed by atoms with Crippen LogP contribution in [-0.2, 0) is 22.3 Å². The van der Waals surface area contributed by atoms with Crippen LogP contribution < -0.4 is 5.56 Å². The van der Waals surface area contributed by atoms with Gasteiger partial charge in [0.1, 0.15) is 16.8 Å². The van der Waals surface area contributed by atoms with Crippen molar-refractivity contribution in [2.45, 2.75) is 39.4 Å². The summed E-state index contributed by atoms with van der Waals surface area (Å²) in [6, 6.07) is 0. The summed E-state index contributed by atoms with van der Waals surface area (Å²) in [6.45, 7) is 4.71. The van der Waals surface area contributed by atoms with E-state index in [4.69, 9.17) is 4.74 Å². The third-order valence-corrected chi connectivity index (χ3v) is 3.99. The predicted molar refractivity (Wildman–Crippen MR) is 77.4 cm³/mol. The van der Waals surface area contributed by atoms with Crippen molar-refractivity contribution in [3.8, 4) is 0 Å². The first kappa shape index (κ1) is 17.4. The molecule has 0 aliphatic carbocycles. The van der Waals surface area contributed by atoms with E-state index < -0.39 is 29.3 Å². The van der Waals surface area contributed by atoms with Crippen LogP contribution in [0.3, 0.4) is 0 Å². The molecule has 0 spiro atoms. The summed E-state index contributed by atoms with van der Waals surface area (Å²) in [6.07, 6.45) is -4.64. The molecule has 0 saturated heterocycles. The van der Waals surface area contributed by atoms with Gasteiger partial charge < -0.3 is 4.74 Å². The number of nitrogens with zero attached hydrogens (tertiary/aromatic N) is 3. The molecule has 0 aromatic carbocycles. The standard InChI is InChI=1S/C13H14F3N3O3S/c1-4-22-7(20)5-19-11(21)10-9(8(18-19)6(2)3)17-12(23-10)13(14,15)16/h6H,4-5H2,1-3H3. The highest BCUT2D eigenvalue weighted by Crippen LogP contribution is 2.35. The van der Waals surface area contributed by atoms with Crippen LogP contribution in [-0.4, -0.2) is 27.3 Å². The molecule has 0 amide bonds. The lowest BCUT2D eigenvalue weighted by Crippen LogP contribution is -2.28. The van der Waals surface area contributed by atoms with Gasteiger partial charge in [-0.2, -0.15) is 18.3 Å². The number of esters is 1. The van der Waals surface area contributed by atoms with Crippen LogP contribution in [0.1, 0.15) is 37.4 Å². The maximum absolute atomic E-state index is 12.8. The number of thiazole rings is 1. The molecule has 23 heavy (non-hydrogen) atoms. The monoisotopic (exact) mass is 349 g/mol. The molecule has 0 N–H and O–H groups in total. The van der Waals surface area contributed by atoms with Crippen molar-refractivity contribution in [1.82, 2.24) is 14.8 Å². The second kappa shape index (κ2) is 6.26. The second-order valence-corrected chi connectivity index (χ2v) is 6.00.